The molecule has 0 bridgehead atoms. The number of carbonyl (C=O) groups is 1. The van der Waals surface area contributed by atoms with Gasteiger partial charge in [0.15, 0.2) is 0 Å². The van der Waals surface area contributed by atoms with Crippen LogP contribution in [0.1, 0.15) is 25.3 Å². The van der Waals surface area contributed by atoms with Gasteiger partial charge in [-0.15, -0.1) is 0 Å². The van der Waals surface area contributed by atoms with Gasteiger partial charge in [-0.2, -0.15) is 17.5 Å². The van der Waals surface area contributed by atoms with Crippen molar-refractivity contribution >= 4 is 21.6 Å². The lowest BCUT2D eigenvalue weighted by atomic mass is 9.97. The number of piperidine rings is 1. The summed E-state index contributed by atoms with van der Waals surface area (Å²) >= 11 is 0. The number of hydrogen-bond acceptors (Lipinski definition) is 4. The molecule has 2 aromatic carbocycles. The van der Waals surface area contributed by atoms with Gasteiger partial charge in [0.1, 0.15) is 5.75 Å². The molecule has 6 nitrogen and oxygen atoms in total. The molecule has 3 rings (SSSR count). The summed E-state index contributed by atoms with van der Waals surface area (Å²) in [6, 6.07) is 10.4. The largest absolute Gasteiger partial charge is 0.494 e. The minimum Gasteiger partial charge on any atom is -0.494 e. The van der Waals surface area contributed by atoms with Crippen LogP contribution in [-0.4, -0.2) is 38.3 Å². The molecule has 0 radical (unpaired) electrons. The first-order valence-corrected chi connectivity index (χ1v) is 11.3. The number of anilines is 1. The zero-order valence-corrected chi connectivity index (χ0v) is 17.7. The highest BCUT2D eigenvalue weighted by Crippen LogP contribution is 2.30. The predicted octanol–water partition coefficient (Wildman–Crippen LogP) is 4.14. The molecular weight excluding hydrogens is 433 g/mol. The minimum absolute atomic E-state index is 0.156. The Labute approximate surface area is 179 Å². The highest BCUT2D eigenvalue weighted by Gasteiger charge is 2.33. The van der Waals surface area contributed by atoms with Gasteiger partial charge in [-0.1, -0.05) is 0 Å². The van der Waals surface area contributed by atoms with Gasteiger partial charge in [0.2, 0.25) is 15.9 Å². The molecule has 168 valence electrons. The number of amides is 1. The number of alkyl halides is 3. The summed E-state index contributed by atoms with van der Waals surface area (Å²) in [4.78, 5) is 12.6. The van der Waals surface area contributed by atoms with Crippen molar-refractivity contribution in [3.8, 4) is 5.75 Å². The van der Waals surface area contributed by atoms with Crippen LogP contribution in [0.15, 0.2) is 53.4 Å². The highest BCUT2D eigenvalue weighted by molar-refractivity contribution is 7.89. The second-order valence-corrected chi connectivity index (χ2v) is 9.09. The molecule has 0 atom stereocenters. The summed E-state index contributed by atoms with van der Waals surface area (Å²) in [5.74, 6) is -0.174. The molecule has 1 amide bonds. The summed E-state index contributed by atoms with van der Waals surface area (Å²) in [5, 5.41) is 2.61. The number of ether oxygens (including phenoxy) is 1. The Bertz CT molecular complexity index is 998. The Hall–Kier alpha value is -2.59. The standard InChI is InChI=1S/C21H23F3N2O4S/c1-2-30-18-7-9-19(10-8-18)31(28,29)26-13-11-15(12-14-26)20(27)25-17-5-3-16(4-6-17)21(22,23)24/h3-10,15H,2,11-14H2,1H3,(H,25,27). The normalized spacial score (nSPS) is 16.1. The van der Waals surface area contributed by atoms with E-state index in [0.717, 1.165) is 12.1 Å². The minimum atomic E-state index is -4.44. The number of halogens is 3. The van der Waals surface area contributed by atoms with E-state index in [4.69, 9.17) is 4.74 Å². The van der Waals surface area contributed by atoms with Gasteiger partial charge in [-0.05, 0) is 68.3 Å². The average molecular weight is 456 g/mol. The summed E-state index contributed by atoms with van der Waals surface area (Å²) in [6.45, 7) is 2.68. The van der Waals surface area contributed by atoms with Gasteiger partial charge >= 0.3 is 6.18 Å². The lowest BCUT2D eigenvalue weighted by Gasteiger charge is -2.30. The lowest BCUT2D eigenvalue weighted by molar-refractivity contribution is -0.137. The maximum Gasteiger partial charge on any atom is 0.416 e. The number of hydrogen-bond donors (Lipinski definition) is 1. The van der Waals surface area contributed by atoms with Crippen LogP contribution >= 0.6 is 0 Å². The van der Waals surface area contributed by atoms with Crippen molar-refractivity contribution in [2.24, 2.45) is 5.92 Å². The molecular formula is C21H23F3N2O4S. The zero-order chi connectivity index (χ0) is 22.6. The third kappa shape index (κ3) is 5.56. The smallest absolute Gasteiger partial charge is 0.416 e. The first-order chi connectivity index (χ1) is 14.6. The molecule has 2 aromatic rings. The Morgan fingerprint density at radius 3 is 2.16 bits per heavy atom. The first kappa shape index (κ1) is 23.1. The molecule has 1 fully saturated rings. The topological polar surface area (TPSA) is 75.7 Å². The molecule has 1 aliphatic rings. The zero-order valence-electron chi connectivity index (χ0n) is 16.9. The van der Waals surface area contributed by atoms with Gasteiger partial charge < -0.3 is 10.1 Å². The third-order valence-corrected chi connectivity index (χ3v) is 6.99. The number of nitrogens with zero attached hydrogens (tertiary/aromatic N) is 1. The Morgan fingerprint density at radius 1 is 1.06 bits per heavy atom. The predicted molar refractivity (Wildman–Crippen MR) is 109 cm³/mol. The molecule has 0 aromatic heterocycles. The van der Waals surface area contributed by atoms with Crippen LogP contribution in [0.4, 0.5) is 18.9 Å². The lowest BCUT2D eigenvalue weighted by Crippen LogP contribution is -2.41. The monoisotopic (exact) mass is 456 g/mol. The van der Waals surface area contributed by atoms with Crippen molar-refractivity contribution in [2.45, 2.75) is 30.8 Å². The van der Waals surface area contributed by atoms with E-state index in [0.29, 0.717) is 25.2 Å². The summed E-state index contributed by atoms with van der Waals surface area (Å²) in [6.07, 6.45) is -3.80. The fourth-order valence-corrected chi connectivity index (χ4v) is 4.84. The van der Waals surface area contributed by atoms with Gasteiger partial charge in [-0.25, -0.2) is 8.42 Å². The summed E-state index contributed by atoms with van der Waals surface area (Å²) < 4.78 is 70.2. The van der Waals surface area contributed by atoms with Gasteiger partial charge in [0, 0.05) is 24.7 Å². The fraction of sp³-hybridized carbons (Fsp3) is 0.381. The molecule has 0 spiro atoms. The van der Waals surface area contributed by atoms with E-state index >= 15 is 0 Å². The van der Waals surface area contributed by atoms with E-state index in [1.165, 1.54) is 28.6 Å². The van der Waals surface area contributed by atoms with Crippen LogP contribution in [-0.2, 0) is 21.0 Å². The van der Waals surface area contributed by atoms with E-state index in [2.05, 4.69) is 5.32 Å². The molecule has 0 saturated carbocycles. The molecule has 10 heteroatoms. The van der Waals surface area contributed by atoms with Crippen molar-refractivity contribution in [1.29, 1.82) is 0 Å². The maximum atomic E-state index is 12.8. The SMILES string of the molecule is CCOc1ccc(S(=O)(=O)N2CCC(C(=O)Nc3ccc(C(F)(F)F)cc3)CC2)cc1. The van der Waals surface area contributed by atoms with Crippen LogP contribution in [0.2, 0.25) is 0 Å². The van der Waals surface area contributed by atoms with Gasteiger partial charge in [0.05, 0.1) is 17.1 Å². The maximum absolute atomic E-state index is 12.8. The number of nitrogens with one attached hydrogen (secondary N) is 1. The van der Waals surface area contributed by atoms with Crippen molar-refractivity contribution in [3.05, 3.63) is 54.1 Å². The number of benzene rings is 2. The molecule has 1 heterocycles. The van der Waals surface area contributed by atoms with Gasteiger partial charge in [0.25, 0.3) is 0 Å². The number of rotatable bonds is 6. The Kier molecular flexibility index (Phi) is 6.90. The molecule has 0 aliphatic carbocycles. The van der Waals surface area contributed by atoms with Crippen LogP contribution in [0, 0.1) is 5.92 Å². The van der Waals surface area contributed by atoms with E-state index in [1.54, 1.807) is 12.1 Å². The van der Waals surface area contributed by atoms with Crippen LogP contribution in [0.5, 0.6) is 5.75 Å². The van der Waals surface area contributed by atoms with E-state index in [1.807, 2.05) is 6.92 Å². The van der Waals surface area contributed by atoms with Crippen LogP contribution in [0.3, 0.4) is 0 Å². The number of carbonyl (C=O) groups excluding carboxylic acids is 1. The van der Waals surface area contributed by atoms with Crippen molar-refractivity contribution < 1.29 is 31.1 Å². The average Bonchev–Trinajstić information content (AvgIpc) is 2.74. The number of sulfonamides is 1. The summed E-state index contributed by atoms with van der Waals surface area (Å²) in [7, 11) is -3.68. The fourth-order valence-electron chi connectivity index (χ4n) is 3.37. The molecule has 31 heavy (non-hydrogen) atoms. The molecule has 0 unspecified atom stereocenters. The Morgan fingerprint density at radius 2 is 1.65 bits per heavy atom. The summed E-state index contributed by atoms with van der Waals surface area (Å²) in [5.41, 5.74) is -0.527. The van der Waals surface area contributed by atoms with Crippen molar-refractivity contribution in [2.75, 3.05) is 25.0 Å². The van der Waals surface area contributed by atoms with Crippen LogP contribution < -0.4 is 10.1 Å². The first-order valence-electron chi connectivity index (χ1n) is 9.82. The van der Waals surface area contributed by atoms with E-state index < -0.39 is 27.7 Å². The molecule has 1 N–H and O–H groups in total. The molecule has 1 saturated heterocycles. The van der Waals surface area contributed by atoms with Gasteiger partial charge in [-0.3, -0.25) is 4.79 Å². The van der Waals surface area contributed by atoms with Crippen molar-refractivity contribution in [3.63, 3.8) is 0 Å². The van der Waals surface area contributed by atoms with E-state index in [-0.39, 0.29) is 29.6 Å². The quantitative estimate of drug-likeness (QED) is 0.709. The Balaban J connectivity index is 1.57. The second-order valence-electron chi connectivity index (χ2n) is 7.15. The van der Waals surface area contributed by atoms with E-state index in [9.17, 15) is 26.4 Å². The second kappa shape index (κ2) is 9.27. The molecule has 1 aliphatic heterocycles. The third-order valence-electron chi connectivity index (χ3n) is 5.08. The van der Waals surface area contributed by atoms with Crippen LogP contribution in [0.25, 0.3) is 0 Å². The van der Waals surface area contributed by atoms with Crippen molar-refractivity contribution in [1.82, 2.24) is 4.31 Å². The highest BCUT2D eigenvalue weighted by atomic mass is 32.2.